The van der Waals surface area contributed by atoms with E-state index in [1.807, 2.05) is 26.1 Å². The van der Waals surface area contributed by atoms with E-state index in [0.717, 1.165) is 49.4 Å². The molecule has 5 nitrogen and oxygen atoms in total. The van der Waals surface area contributed by atoms with E-state index in [1.54, 1.807) is 4.90 Å². The fourth-order valence-corrected chi connectivity index (χ4v) is 5.72. The molecule has 194 valence electrons. The van der Waals surface area contributed by atoms with Crippen LogP contribution in [0.2, 0.25) is 0 Å². The number of carbonyl (C=O) groups is 1. The summed E-state index contributed by atoms with van der Waals surface area (Å²) in [5.41, 5.74) is 6.67. The molecule has 1 N–H and O–H groups in total. The van der Waals surface area contributed by atoms with Crippen LogP contribution in [0.4, 0.5) is 11.4 Å². The number of halogens is 1. The molecule has 2 heterocycles. The Bertz CT molecular complexity index is 1240. The van der Waals surface area contributed by atoms with E-state index in [0.29, 0.717) is 6.42 Å². The Morgan fingerprint density at radius 2 is 1.73 bits per heavy atom. The molecule has 3 aromatic rings. The van der Waals surface area contributed by atoms with E-state index in [-0.39, 0.29) is 5.91 Å². The lowest BCUT2D eigenvalue weighted by Crippen LogP contribution is -2.33. The van der Waals surface area contributed by atoms with E-state index in [2.05, 4.69) is 64.8 Å². The lowest BCUT2D eigenvalue weighted by atomic mass is 9.93. The zero-order valence-corrected chi connectivity index (χ0v) is 22.6. The molecule has 0 aromatic heterocycles. The summed E-state index contributed by atoms with van der Waals surface area (Å²) in [5.74, 6) is 0.145. The number of nitrogens with zero attached hydrogens (tertiary/aromatic N) is 2. The van der Waals surface area contributed by atoms with Gasteiger partial charge in [-0.25, -0.2) is 4.29 Å². The number of aryl methyl sites for hydroxylation is 1. The van der Waals surface area contributed by atoms with Crippen LogP contribution < -0.4 is 10.2 Å². The van der Waals surface area contributed by atoms with Crippen molar-refractivity contribution in [3.63, 3.8) is 0 Å². The van der Waals surface area contributed by atoms with Crippen LogP contribution in [0.5, 0.6) is 0 Å². The van der Waals surface area contributed by atoms with Gasteiger partial charge in [0.2, 0.25) is 5.91 Å². The van der Waals surface area contributed by atoms with Gasteiger partial charge in [0.05, 0.1) is 11.9 Å². The highest BCUT2D eigenvalue weighted by molar-refractivity contribution is 6.07. The van der Waals surface area contributed by atoms with Crippen LogP contribution in [0, 0.1) is 0 Å². The Morgan fingerprint density at radius 3 is 2.49 bits per heavy atom. The fraction of sp³-hybridized carbons (Fsp3) is 0.387. The van der Waals surface area contributed by atoms with Gasteiger partial charge in [-0.3, -0.25) is 9.69 Å². The van der Waals surface area contributed by atoms with Crippen molar-refractivity contribution in [2.24, 2.45) is 0 Å². The first-order chi connectivity index (χ1) is 18.0. The predicted molar refractivity (Wildman–Crippen MR) is 152 cm³/mol. The average Bonchev–Trinajstić information content (AvgIpc) is 3.07. The summed E-state index contributed by atoms with van der Waals surface area (Å²) in [5, 5.41) is 3.51. The highest BCUT2D eigenvalue weighted by Crippen LogP contribution is 2.36. The SMILES string of the molecule is CN1C(=O)CCCc2ccc(NC(C)(OCl)c3ccc(-c4ccccc4)c(CN4CCCCC4)c3)cc21. The summed E-state index contributed by atoms with van der Waals surface area (Å²) in [6.07, 6.45) is 6.16. The summed E-state index contributed by atoms with van der Waals surface area (Å²) in [6.45, 7) is 5.09. The molecule has 1 amide bonds. The second-order valence-electron chi connectivity index (χ2n) is 10.5. The lowest BCUT2D eigenvalue weighted by Gasteiger charge is -2.32. The van der Waals surface area contributed by atoms with Gasteiger partial charge in [0.15, 0.2) is 5.72 Å². The third kappa shape index (κ3) is 5.69. The van der Waals surface area contributed by atoms with Crippen molar-refractivity contribution < 1.29 is 9.08 Å². The largest absolute Gasteiger partial charge is 0.353 e. The van der Waals surface area contributed by atoms with E-state index in [9.17, 15) is 4.79 Å². The van der Waals surface area contributed by atoms with Gasteiger partial charge in [-0.2, -0.15) is 0 Å². The molecule has 1 unspecified atom stereocenters. The van der Waals surface area contributed by atoms with E-state index in [1.165, 1.54) is 41.5 Å². The molecule has 1 atom stereocenters. The van der Waals surface area contributed by atoms with Crippen molar-refractivity contribution in [3.8, 4) is 11.1 Å². The zero-order chi connectivity index (χ0) is 25.8. The van der Waals surface area contributed by atoms with Crippen LogP contribution in [-0.2, 0) is 27.8 Å². The molecule has 0 aliphatic carbocycles. The van der Waals surface area contributed by atoms with Gasteiger partial charge < -0.3 is 10.2 Å². The van der Waals surface area contributed by atoms with Crippen molar-refractivity contribution in [1.82, 2.24) is 4.90 Å². The Balaban J connectivity index is 1.48. The third-order valence-corrected chi connectivity index (χ3v) is 8.09. The Morgan fingerprint density at radius 1 is 0.946 bits per heavy atom. The summed E-state index contributed by atoms with van der Waals surface area (Å²) < 4.78 is 5.60. The number of hydrogen-bond donors (Lipinski definition) is 1. The highest BCUT2D eigenvalue weighted by atomic mass is 35.5. The minimum atomic E-state index is -0.963. The van der Waals surface area contributed by atoms with Gasteiger partial charge >= 0.3 is 0 Å². The number of piperidine rings is 1. The Kier molecular flexibility index (Phi) is 7.84. The second-order valence-corrected chi connectivity index (χ2v) is 10.6. The molecule has 3 aromatic carbocycles. The van der Waals surface area contributed by atoms with Crippen LogP contribution in [0.3, 0.4) is 0 Å². The number of likely N-dealkylation sites (tertiary alicyclic amines) is 1. The molecule has 37 heavy (non-hydrogen) atoms. The van der Waals surface area contributed by atoms with E-state index in [4.69, 9.17) is 16.2 Å². The fourth-order valence-electron chi connectivity index (χ4n) is 5.59. The number of fused-ring (bicyclic) bond motifs is 1. The number of anilines is 2. The number of nitrogens with one attached hydrogen (secondary N) is 1. The van der Waals surface area contributed by atoms with Crippen molar-refractivity contribution >= 4 is 29.1 Å². The maximum absolute atomic E-state index is 12.5. The first-order valence-corrected chi connectivity index (χ1v) is 13.7. The quantitative estimate of drug-likeness (QED) is 0.340. The maximum Gasteiger partial charge on any atom is 0.226 e. The lowest BCUT2D eigenvalue weighted by molar-refractivity contribution is -0.118. The maximum atomic E-state index is 12.5. The van der Waals surface area contributed by atoms with E-state index < -0.39 is 5.72 Å². The van der Waals surface area contributed by atoms with Crippen molar-refractivity contribution in [1.29, 1.82) is 0 Å². The molecule has 1 saturated heterocycles. The standard InChI is InChI=1S/C31H36ClN3O2/c1-31(37-32,33-27-16-14-24-12-9-13-30(36)34(2)29(24)21-27)26-15-17-28(23-10-5-3-6-11-23)25(20-26)22-35-18-7-4-8-19-35/h3,5-6,10-11,14-17,20-21,33H,4,7-9,12-13,18-19,22H2,1-2H3. The average molecular weight is 518 g/mol. The molecule has 1 fully saturated rings. The smallest absolute Gasteiger partial charge is 0.226 e. The van der Waals surface area contributed by atoms with Crippen LogP contribution >= 0.6 is 11.9 Å². The topological polar surface area (TPSA) is 44.8 Å². The minimum Gasteiger partial charge on any atom is -0.353 e. The Hall–Kier alpha value is -2.86. The number of benzene rings is 3. The molecule has 6 heteroatoms. The van der Waals surface area contributed by atoms with Gasteiger partial charge in [-0.05, 0) is 86.1 Å². The minimum absolute atomic E-state index is 0.145. The third-order valence-electron chi connectivity index (χ3n) is 7.78. The van der Waals surface area contributed by atoms with E-state index >= 15 is 0 Å². The van der Waals surface area contributed by atoms with Crippen LogP contribution in [0.1, 0.15) is 55.7 Å². The molecule has 0 saturated carbocycles. The van der Waals surface area contributed by atoms with Gasteiger partial charge in [0.1, 0.15) is 0 Å². The summed E-state index contributed by atoms with van der Waals surface area (Å²) in [7, 11) is 1.85. The van der Waals surface area contributed by atoms with Crippen LogP contribution in [0.15, 0.2) is 66.7 Å². The number of hydrogen-bond acceptors (Lipinski definition) is 4. The molecule has 0 bridgehead atoms. The Labute approximate surface area is 225 Å². The summed E-state index contributed by atoms with van der Waals surface area (Å²) >= 11 is 6.18. The molecule has 2 aliphatic heterocycles. The van der Waals surface area contributed by atoms with Gasteiger partial charge in [-0.1, -0.05) is 55.0 Å². The number of carbonyl (C=O) groups excluding carboxylic acids is 1. The van der Waals surface area contributed by atoms with Gasteiger partial charge in [-0.15, -0.1) is 0 Å². The molecule has 2 aliphatic rings. The number of amides is 1. The van der Waals surface area contributed by atoms with Gasteiger partial charge in [0.25, 0.3) is 0 Å². The molecular formula is C31H36ClN3O2. The molecule has 0 radical (unpaired) electrons. The number of rotatable bonds is 7. The zero-order valence-electron chi connectivity index (χ0n) is 21.8. The predicted octanol–water partition coefficient (Wildman–Crippen LogP) is 7.09. The molecule has 0 spiro atoms. The first-order valence-electron chi connectivity index (χ1n) is 13.4. The summed E-state index contributed by atoms with van der Waals surface area (Å²) in [6, 6.07) is 23.2. The van der Waals surface area contributed by atoms with Crippen LogP contribution in [-0.4, -0.2) is 30.9 Å². The first kappa shape index (κ1) is 25.8. The van der Waals surface area contributed by atoms with Gasteiger partial charge in [0, 0.05) is 37.0 Å². The van der Waals surface area contributed by atoms with Crippen molar-refractivity contribution in [2.75, 3.05) is 30.4 Å². The monoisotopic (exact) mass is 517 g/mol. The van der Waals surface area contributed by atoms with Crippen molar-refractivity contribution in [2.45, 2.75) is 57.7 Å². The summed E-state index contributed by atoms with van der Waals surface area (Å²) in [4.78, 5) is 16.8. The molecule has 5 rings (SSSR count). The van der Waals surface area contributed by atoms with Crippen molar-refractivity contribution in [3.05, 3.63) is 83.4 Å². The second kappa shape index (κ2) is 11.3. The normalized spacial score (nSPS) is 18.1. The molecular weight excluding hydrogens is 482 g/mol. The highest BCUT2D eigenvalue weighted by Gasteiger charge is 2.30. The van der Waals surface area contributed by atoms with Crippen LogP contribution in [0.25, 0.3) is 11.1 Å².